The predicted octanol–water partition coefficient (Wildman–Crippen LogP) is 4.40. The third kappa shape index (κ3) is 3.01. The minimum Gasteiger partial charge on any atom is -0.312 e. The number of aryl methyl sites for hydroxylation is 2. The van der Waals surface area contributed by atoms with Crippen molar-refractivity contribution >= 4 is 11.3 Å². The Morgan fingerprint density at radius 2 is 1.94 bits per heavy atom. The van der Waals surface area contributed by atoms with Crippen LogP contribution in [0.15, 0.2) is 30.3 Å². The molecule has 0 atom stereocenters. The Labute approximate surface area is 114 Å². The highest BCUT2D eigenvalue weighted by Crippen LogP contribution is 2.29. The first-order valence-electron chi connectivity index (χ1n) is 6.64. The van der Waals surface area contributed by atoms with Gasteiger partial charge in [-0.25, -0.2) is 0 Å². The van der Waals surface area contributed by atoms with E-state index in [1.165, 1.54) is 26.4 Å². The molecule has 0 radical (unpaired) electrons. The molecule has 0 aliphatic carbocycles. The molecule has 0 aliphatic heterocycles. The second-order valence-electron chi connectivity index (χ2n) is 4.54. The van der Waals surface area contributed by atoms with Gasteiger partial charge >= 0.3 is 0 Å². The number of benzene rings is 1. The highest BCUT2D eigenvalue weighted by Gasteiger charge is 2.04. The van der Waals surface area contributed by atoms with Gasteiger partial charge in [0.1, 0.15) is 0 Å². The Balaban J connectivity index is 2.23. The number of thiophene rings is 1. The molecule has 2 heteroatoms. The van der Waals surface area contributed by atoms with E-state index in [4.69, 9.17) is 0 Å². The van der Waals surface area contributed by atoms with Crippen LogP contribution in [-0.4, -0.2) is 6.54 Å². The summed E-state index contributed by atoms with van der Waals surface area (Å²) in [6, 6.07) is 11.3. The molecule has 0 spiro atoms. The smallest absolute Gasteiger partial charge is 0.0346 e. The predicted molar refractivity (Wildman–Crippen MR) is 81.3 cm³/mol. The Kier molecular flexibility index (Phi) is 4.56. The summed E-state index contributed by atoms with van der Waals surface area (Å²) >= 11 is 1.89. The van der Waals surface area contributed by atoms with Crippen LogP contribution in [0.3, 0.4) is 0 Å². The summed E-state index contributed by atoms with van der Waals surface area (Å²) in [5, 5.41) is 3.37. The molecule has 0 fully saturated rings. The molecule has 18 heavy (non-hydrogen) atoms. The van der Waals surface area contributed by atoms with Crippen molar-refractivity contribution < 1.29 is 0 Å². The normalized spacial score (nSPS) is 10.8. The summed E-state index contributed by atoms with van der Waals surface area (Å²) < 4.78 is 0. The van der Waals surface area contributed by atoms with Crippen molar-refractivity contribution in [2.75, 3.05) is 6.54 Å². The van der Waals surface area contributed by atoms with Gasteiger partial charge < -0.3 is 5.32 Å². The zero-order chi connectivity index (χ0) is 13.0. The van der Waals surface area contributed by atoms with Gasteiger partial charge in [-0.3, -0.25) is 0 Å². The number of hydrogen-bond donors (Lipinski definition) is 1. The van der Waals surface area contributed by atoms with Crippen molar-refractivity contribution in [1.82, 2.24) is 5.32 Å². The molecule has 0 unspecified atom stereocenters. The van der Waals surface area contributed by atoms with Gasteiger partial charge in [-0.15, -0.1) is 11.3 Å². The first kappa shape index (κ1) is 13.3. The molecule has 1 aromatic heterocycles. The van der Waals surface area contributed by atoms with Crippen LogP contribution < -0.4 is 5.32 Å². The average molecular weight is 259 g/mol. The molecular formula is C16H21NS. The van der Waals surface area contributed by atoms with Crippen molar-refractivity contribution in [3.8, 4) is 10.4 Å². The fraction of sp³-hybridized carbons (Fsp3) is 0.375. The fourth-order valence-electron chi connectivity index (χ4n) is 2.08. The van der Waals surface area contributed by atoms with Gasteiger partial charge in [0.15, 0.2) is 0 Å². The average Bonchev–Trinajstić information content (AvgIpc) is 2.85. The quantitative estimate of drug-likeness (QED) is 0.839. The van der Waals surface area contributed by atoms with E-state index in [2.05, 4.69) is 56.4 Å². The van der Waals surface area contributed by atoms with Crippen LogP contribution in [-0.2, 0) is 13.0 Å². The van der Waals surface area contributed by atoms with Crippen molar-refractivity contribution in [3.05, 3.63) is 46.3 Å². The molecule has 1 nitrogen and oxygen atoms in total. The van der Waals surface area contributed by atoms with Gasteiger partial charge in [0.2, 0.25) is 0 Å². The van der Waals surface area contributed by atoms with Crippen molar-refractivity contribution in [2.45, 2.75) is 33.7 Å². The lowest BCUT2D eigenvalue weighted by atomic mass is 10.0. The fourth-order valence-corrected chi connectivity index (χ4v) is 3.06. The maximum absolute atomic E-state index is 3.37. The van der Waals surface area contributed by atoms with E-state index in [-0.39, 0.29) is 0 Å². The van der Waals surface area contributed by atoms with Crippen LogP contribution >= 0.6 is 11.3 Å². The Bertz CT molecular complexity index is 514. The maximum atomic E-state index is 3.37. The van der Waals surface area contributed by atoms with E-state index < -0.39 is 0 Å². The van der Waals surface area contributed by atoms with Crippen molar-refractivity contribution in [1.29, 1.82) is 0 Å². The van der Waals surface area contributed by atoms with Gasteiger partial charge in [-0.2, -0.15) is 0 Å². The van der Waals surface area contributed by atoms with Gasteiger partial charge in [0.05, 0.1) is 0 Å². The minimum absolute atomic E-state index is 0.980. The third-order valence-electron chi connectivity index (χ3n) is 3.23. The molecule has 0 aliphatic rings. The van der Waals surface area contributed by atoms with Gasteiger partial charge in [-0.1, -0.05) is 32.0 Å². The molecule has 0 saturated heterocycles. The van der Waals surface area contributed by atoms with Crippen LogP contribution in [0.25, 0.3) is 10.4 Å². The molecule has 2 aromatic rings. The van der Waals surface area contributed by atoms with Gasteiger partial charge in [0.25, 0.3) is 0 Å². The second kappa shape index (κ2) is 6.17. The van der Waals surface area contributed by atoms with Gasteiger partial charge in [-0.05, 0) is 48.7 Å². The highest BCUT2D eigenvalue weighted by molar-refractivity contribution is 7.15. The summed E-state index contributed by atoms with van der Waals surface area (Å²) in [4.78, 5) is 2.78. The zero-order valence-electron chi connectivity index (χ0n) is 11.4. The summed E-state index contributed by atoms with van der Waals surface area (Å²) in [5.41, 5.74) is 4.20. The SMILES string of the molecule is CCNCc1ccc(-c2ccc(C)c(CC)c2)s1. The van der Waals surface area contributed by atoms with E-state index in [0.29, 0.717) is 0 Å². The minimum atomic E-state index is 0.980. The van der Waals surface area contributed by atoms with E-state index in [0.717, 1.165) is 19.5 Å². The molecule has 0 saturated carbocycles. The van der Waals surface area contributed by atoms with Crippen LogP contribution in [0.1, 0.15) is 29.9 Å². The van der Waals surface area contributed by atoms with Crippen LogP contribution in [0.4, 0.5) is 0 Å². The molecule has 1 heterocycles. The Hall–Kier alpha value is -1.12. The third-order valence-corrected chi connectivity index (χ3v) is 4.36. The first-order chi connectivity index (χ1) is 8.74. The van der Waals surface area contributed by atoms with E-state index in [1.807, 2.05) is 11.3 Å². The lowest BCUT2D eigenvalue weighted by molar-refractivity contribution is 0.735. The number of rotatable bonds is 5. The summed E-state index contributed by atoms with van der Waals surface area (Å²) in [5.74, 6) is 0. The van der Waals surface area contributed by atoms with Crippen LogP contribution in [0.5, 0.6) is 0 Å². The van der Waals surface area contributed by atoms with E-state index in [9.17, 15) is 0 Å². The summed E-state index contributed by atoms with van der Waals surface area (Å²) in [7, 11) is 0. The molecule has 1 N–H and O–H groups in total. The highest BCUT2D eigenvalue weighted by atomic mass is 32.1. The summed E-state index contributed by atoms with van der Waals surface area (Å²) in [6.07, 6.45) is 1.11. The largest absolute Gasteiger partial charge is 0.312 e. The van der Waals surface area contributed by atoms with E-state index in [1.54, 1.807) is 0 Å². The second-order valence-corrected chi connectivity index (χ2v) is 5.71. The Morgan fingerprint density at radius 3 is 2.67 bits per heavy atom. The zero-order valence-corrected chi connectivity index (χ0v) is 12.2. The molecule has 96 valence electrons. The lowest BCUT2D eigenvalue weighted by Crippen LogP contribution is -2.10. The summed E-state index contributed by atoms with van der Waals surface area (Å²) in [6.45, 7) is 8.55. The molecule has 2 rings (SSSR count). The molecular weight excluding hydrogens is 238 g/mol. The number of nitrogens with one attached hydrogen (secondary N) is 1. The van der Waals surface area contributed by atoms with Crippen molar-refractivity contribution in [3.63, 3.8) is 0 Å². The number of hydrogen-bond acceptors (Lipinski definition) is 2. The maximum Gasteiger partial charge on any atom is 0.0346 e. The first-order valence-corrected chi connectivity index (χ1v) is 7.45. The molecule has 0 amide bonds. The molecule has 0 bridgehead atoms. The van der Waals surface area contributed by atoms with Gasteiger partial charge in [0, 0.05) is 16.3 Å². The van der Waals surface area contributed by atoms with Crippen LogP contribution in [0, 0.1) is 6.92 Å². The molecule has 1 aromatic carbocycles. The van der Waals surface area contributed by atoms with Crippen LogP contribution in [0.2, 0.25) is 0 Å². The van der Waals surface area contributed by atoms with E-state index >= 15 is 0 Å². The topological polar surface area (TPSA) is 12.0 Å². The lowest BCUT2D eigenvalue weighted by Gasteiger charge is -2.05. The Morgan fingerprint density at radius 1 is 1.11 bits per heavy atom. The standard InChI is InChI=1S/C16H21NS/c1-4-13-10-14(7-6-12(13)3)16-9-8-15(18-16)11-17-5-2/h6-10,17H,4-5,11H2,1-3H3. The van der Waals surface area contributed by atoms with Crippen molar-refractivity contribution in [2.24, 2.45) is 0 Å². The monoisotopic (exact) mass is 259 g/mol.